The number of aryl methyl sites for hydroxylation is 1. The lowest BCUT2D eigenvalue weighted by Crippen LogP contribution is -2.41. The molecule has 0 amide bonds. The van der Waals surface area contributed by atoms with Crippen molar-refractivity contribution in [2.45, 2.75) is 44.7 Å². The monoisotopic (exact) mass is 286 g/mol. The third kappa shape index (κ3) is 4.46. The summed E-state index contributed by atoms with van der Waals surface area (Å²) in [7, 11) is 0. The van der Waals surface area contributed by atoms with Gasteiger partial charge in [-0.25, -0.2) is 0 Å². The van der Waals surface area contributed by atoms with Crippen molar-refractivity contribution in [1.82, 2.24) is 20.4 Å². The topological polar surface area (TPSA) is 41.9 Å². The molecule has 6 heteroatoms. The van der Waals surface area contributed by atoms with E-state index in [4.69, 9.17) is 23.8 Å². The van der Waals surface area contributed by atoms with Crippen molar-refractivity contribution in [2.75, 3.05) is 6.54 Å². The predicted octanol–water partition coefficient (Wildman–Crippen LogP) is 2.33. The summed E-state index contributed by atoms with van der Waals surface area (Å²) >= 11 is 11.0. The number of nitrogens with zero attached hydrogens (tertiary/aromatic N) is 2. The summed E-state index contributed by atoms with van der Waals surface area (Å²) in [5.74, 6) is 0. The second-order valence-electron chi connectivity index (χ2n) is 4.66. The van der Waals surface area contributed by atoms with Crippen LogP contribution in [0.5, 0.6) is 0 Å². The lowest BCUT2D eigenvalue weighted by atomic mass is 10.3. The molecule has 0 bridgehead atoms. The highest BCUT2D eigenvalue weighted by molar-refractivity contribution is 7.80. The van der Waals surface area contributed by atoms with Crippen LogP contribution in [0.3, 0.4) is 0 Å². The first-order chi connectivity index (χ1) is 8.74. The largest absolute Gasteiger partial charge is 0.363 e. The Morgan fingerprint density at radius 2 is 2.28 bits per heavy atom. The Kier molecular flexibility index (Phi) is 5.26. The summed E-state index contributed by atoms with van der Waals surface area (Å²) in [6.45, 7) is 1.71. The summed E-state index contributed by atoms with van der Waals surface area (Å²) < 4.78 is 1.84. The lowest BCUT2D eigenvalue weighted by Gasteiger charge is -2.15. The average Bonchev–Trinajstić information content (AvgIpc) is 2.96. The fraction of sp³-hybridized carbons (Fsp3) is 0.667. The number of hydrogen-bond donors (Lipinski definition) is 2. The maximum absolute atomic E-state index is 5.79. The predicted molar refractivity (Wildman–Crippen MR) is 77.8 cm³/mol. The maximum Gasteiger partial charge on any atom is 0.166 e. The fourth-order valence-electron chi connectivity index (χ4n) is 2.21. The Hall–Kier alpha value is -0.810. The number of hydrogen-bond acceptors (Lipinski definition) is 2. The fourth-order valence-corrected chi connectivity index (χ4v) is 2.64. The molecule has 100 valence electrons. The molecule has 0 aliphatic heterocycles. The molecule has 1 aliphatic carbocycles. The van der Waals surface area contributed by atoms with Gasteiger partial charge in [-0.1, -0.05) is 24.4 Å². The molecule has 0 radical (unpaired) electrons. The van der Waals surface area contributed by atoms with Gasteiger partial charge in [-0.15, -0.1) is 0 Å². The highest BCUT2D eigenvalue weighted by atomic mass is 35.5. The van der Waals surface area contributed by atoms with Gasteiger partial charge < -0.3 is 10.6 Å². The van der Waals surface area contributed by atoms with E-state index in [9.17, 15) is 0 Å². The van der Waals surface area contributed by atoms with E-state index in [-0.39, 0.29) is 0 Å². The minimum absolute atomic E-state index is 0.579. The molecule has 4 nitrogen and oxygen atoms in total. The van der Waals surface area contributed by atoms with Crippen LogP contribution in [0, 0.1) is 0 Å². The molecule has 1 aromatic rings. The van der Waals surface area contributed by atoms with Gasteiger partial charge in [0.25, 0.3) is 0 Å². The molecule has 2 rings (SSSR count). The quantitative estimate of drug-likeness (QED) is 0.644. The van der Waals surface area contributed by atoms with Gasteiger partial charge >= 0.3 is 0 Å². The second kappa shape index (κ2) is 6.95. The molecule has 0 atom stereocenters. The normalized spacial score (nSPS) is 15.8. The van der Waals surface area contributed by atoms with Crippen molar-refractivity contribution in [2.24, 2.45) is 0 Å². The van der Waals surface area contributed by atoms with Gasteiger partial charge in [-0.05, 0) is 31.5 Å². The Labute approximate surface area is 118 Å². The first-order valence-electron chi connectivity index (χ1n) is 6.46. The SMILES string of the molecule is S=C(NCCCn1cc(Cl)cn1)NC1CCCC1. The van der Waals surface area contributed by atoms with Crippen LogP contribution in [-0.4, -0.2) is 27.5 Å². The van der Waals surface area contributed by atoms with E-state index in [1.165, 1.54) is 25.7 Å². The standard InChI is InChI=1S/C12H19ClN4S/c13-10-8-15-17(9-10)7-3-6-14-12(18)16-11-4-1-2-5-11/h8-9,11H,1-7H2,(H2,14,16,18). The number of thiocarbonyl (C=S) groups is 1. The van der Waals surface area contributed by atoms with Crippen LogP contribution in [0.1, 0.15) is 32.1 Å². The van der Waals surface area contributed by atoms with E-state index in [0.29, 0.717) is 11.1 Å². The van der Waals surface area contributed by atoms with Crippen molar-refractivity contribution < 1.29 is 0 Å². The van der Waals surface area contributed by atoms with Crippen LogP contribution in [-0.2, 0) is 6.54 Å². The van der Waals surface area contributed by atoms with Gasteiger partial charge in [0.15, 0.2) is 5.11 Å². The number of rotatable bonds is 5. The van der Waals surface area contributed by atoms with Gasteiger partial charge in [0.05, 0.1) is 11.2 Å². The Bertz CT molecular complexity index is 387. The molecule has 1 aliphatic rings. The first kappa shape index (κ1) is 13.6. The van der Waals surface area contributed by atoms with Crippen LogP contribution < -0.4 is 10.6 Å². The van der Waals surface area contributed by atoms with E-state index < -0.39 is 0 Å². The van der Waals surface area contributed by atoms with E-state index in [0.717, 1.165) is 24.6 Å². The highest BCUT2D eigenvalue weighted by Crippen LogP contribution is 2.17. The van der Waals surface area contributed by atoms with Gasteiger partial charge in [-0.2, -0.15) is 5.10 Å². The zero-order valence-corrected chi connectivity index (χ0v) is 11.9. The first-order valence-corrected chi connectivity index (χ1v) is 7.25. The minimum Gasteiger partial charge on any atom is -0.363 e. The van der Waals surface area contributed by atoms with Crippen LogP contribution in [0.25, 0.3) is 0 Å². The summed E-state index contributed by atoms with van der Waals surface area (Å²) in [5.41, 5.74) is 0. The Morgan fingerprint density at radius 3 is 2.94 bits per heavy atom. The average molecular weight is 287 g/mol. The highest BCUT2D eigenvalue weighted by Gasteiger charge is 2.14. The van der Waals surface area contributed by atoms with Crippen LogP contribution in [0.15, 0.2) is 12.4 Å². The number of halogens is 1. The van der Waals surface area contributed by atoms with E-state index in [1.807, 2.05) is 10.9 Å². The molecule has 1 heterocycles. The van der Waals surface area contributed by atoms with Gasteiger partial charge in [0.1, 0.15) is 0 Å². The third-order valence-electron chi connectivity index (χ3n) is 3.14. The third-order valence-corrected chi connectivity index (χ3v) is 3.60. The van der Waals surface area contributed by atoms with Crippen molar-refractivity contribution in [3.05, 3.63) is 17.4 Å². The molecule has 0 unspecified atom stereocenters. The lowest BCUT2D eigenvalue weighted by molar-refractivity contribution is 0.565. The van der Waals surface area contributed by atoms with Crippen molar-refractivity contribution >= 4 is 28.9 Å². The summed E-state index contributed by atoms with van der Waals surface area (Å²) in [6, 6.07) is 0.579. The summed E-state index contributed by atoms with van der Waals surface area (Å²) in [4.78, 5) is 0. The molecule has 0 saturated heterocycles. The van der Waals surface area contributed by atoms with E-state index >= 15 is 0 Å². The zero-order valence-electron chi connectivity index (χ0n) is 10.4. The van der Waals surface area contributed by atoms with Crippen molar-refractivity contribution in [3.8, 4) is 0 Å². The zero-order chi connectivity index (χ0) is 12.8. The van der Waals surface area contributed by atoms with E-state index in [1.54, 1.807) is 6.20 Å². The molecule has 2 N–H and O–H groups in total. The molecular formula is C12H19ClN4S. The molecular weight excluding hydrogens is 268 g/mol. The van der Waals surface area contributed by atoms with Crippen LogP contribution >= 0.6 is 23.8 Å². The van der Waals surface area contributed by atoms with Gasteiger partial charge in [0.2, 0.25) is 0 Å². The summed E-state index contributed by atoms with van der Waals surface area (Å²) in [6.07, 6.45) is 9.59. The van der Waals surface area contributed by atoms with Crippen LogP contribution in [0.4, 0.5) is 0 Å². The molecule has 1 saturated carbocycles. The number of aromatic nitrogens is 2. The minimum atomic E-state index is 0.579. The summed E-state index contributed by atoms with van der Waals surface area (Å²) in [5, 5.41) is 12.2. The van der Waals surface area contributed by atoms with Gasteiger partial charge in [-0.3, -0.25) is 4.68 Å². The van der Waals surface area contributed by atoms with Crippen LogP contribution in [0.2, 0.25) is 5.02 Å². The number of nitrogens with one attached hydrogen (secondary N) is 2. The van der Waals surface area contributed by atoms with E-state index in [2.05, 4.69) is 15.7 Å². The second-order valence-corrected chi connectivity index (χ2v) is 5.50. The Morgan fingerprint density at radius 1 is 1.50 bits per heavy atom. The van der Waals surface area contributed by atoms with Crippen molar-refractivity contribution in [1.29, 1.82) is 0 Å². The maximum atomic E-state index is 5.79. The molecule has 0 aromatic carbocycles. The molecule has 0 spiro atoms. The molecule has 1 fully saturated rings. The Balaban J connectivity index is 1.56. The molecule has 1 aromatic heterocycles. The molecule has 18 heavy (non-hydrogen) atoms. The van der Waals surface area contributed by atoms with Gasteiger partial charge in [0, 0.05) is 25.3 Å². The smallest absolute Gasteiger partial charge is 0.166 e. The van der Waals surface area contributed by atoms with Crippen molar-refractivity contribution in [3.63, 3.8) is 0 Å².